The van der Waals surface area contributed by atoms with Crippen LogP contribution in [0.3, 0.4) is 0 Å². The molecule has 0 aromatic carbocycles. The molecule has 18 heavy (non-hydrogen) atoms. The van der Waals surface area contributed by atoms with Gasteiger partial charge in [0, 0.05) is 17.9 Å². The first kappa shape index (κ1) is 14.6. The monoisotopic (exact) mass is 260 g/mol. The molecule has 0 aliphatic rings. The molecule has 0 spiro atoms. The van der Waals surface area contributed by atoms with E-state index >= 15 is 0 Å². The molecule has 1 aromatic heterocycles. The van der Waals surface area contributed by atoms with Crippen LogP contribution in [-0.2, 0) is 5.54 Å². The molecule has 0 saturated carbocycles. The summed E-state index contributed by atoms with van der Waals surface area (Å²) in [6.45, 7) is 4.03. The Kier molecular flexibility index (Phi) is 4.05. The van der Waals surface area contributed by atoms with Gasteiger partial charge in [-0.25, -0.2) is 13.8 Å². The van der Waals surface area contributed by atoms with Crippen LogP contribution in [-0.4, -0.2) is 28.6 Å². The molecule has 0 aliphatic heterocycles. The van der Waals surface area contributed by atoms with Gasteiger partial charge in [-0.2, -0.15) is 0 Å². The second-order valence-electron chi connectivity index (χ2n) is 5.04. The van der Waals surface area contributed by atoms with Gasteiger partial charge in [0.15, 0.2) is 5.82 Å². The number of aromatic nitrogens is 2. The molecule has 0 fully saturated rings. The van der Waals surface area contributed by atoms with Gasteiger partial charge in [0.25, 0.3) is 11.5 Å². The van der Waals surface area contributed by atoms with Gasteiger partial charge in [-0.3, -0.25) is 4.79 Å². The van der Waals surface area contributed by atoms with E-state index in [1.54, 1.807) is 0 Å². The zero-order valence-electron chi connectivity index (χ0n) is 10.7. The van der Waals surface area contributed by atoms with Gasteiger partial charge in [0.2, 0.25) is 0 Å². The standard InChI is InChI=1S/C11H18F2N4O/c1-10(2,3)17-5-4-15-8(9(17)18)16-7-11(12,13)6-14/h4-5H,6-7,14H2,1-3H3,(H,15,16). The normalized spacial score (nSPS) is 12.6. The highest BCUT2D eigenvalue weighted by Gasteiger charge is 2.27. The summed E-state index contributed by atoms with van der Waals surface area (Å²) in [6, 6.07) is 0. The smallest absolute Gasteiger partial charge is 0.293 e. The molecular weight excluding hydrogens is 242 g/mol. The van der Waals surface area contributed by atoms with Gasteiger partial charge < -0.3 is 15.6 Å². The zero-order chi connectivity index (χ0) is 14.0. The molecular formula is C11H18F2N4O. The first-order valence-electron chi connectivity index (χ1n) is 5.57. The lowest BCUT2D eigenvalue weighted by atomic mass is 10.1. The highest BCUT2D eigenvalue weighted by molar-refractivity contribution is 5.31. The second kappa shape index (κ2) is 5.01. The van der Waals surface area contributed by atoms with Gasteiger partial charge >= 0.3 is 0 Å². The fourth-order valence-corrected chi connectivity index (χ4v) is 1.35. The molecule has 0 saturated heterocycles. The molecule has 0 unspecified atom stereocenters. The second-order valence-corrected chi connectivity index (χ2v) is 5.04. The lowest BCUT2D eigenvalue weighted by molar-refractivity contribution is 0.0252. The average Bonchev–Trinajstić information content (AvgIpc) is 2.26. The molecule has 0 radical (unpaired) electrons. The van der Waals surface area contributed by atoms with E-state index < -0.39 is 30.1 Å². The van der Waals surface area contributed by atoms with Crippen LogP contribution in [0.25, 0.3) is 0 Å². The third-order valence-electron chi connectivity index (χ3n) is 2.38. The maximum Gasteiger partial charge on any atom is 0.293 e. The molecule has 102 valence electrons. The molecule has 3 N–H and O–H groups in total. The summed E-state index contributed by atoms with van der Waals surface area (Å²) in [5.41, 5.74) is 4.04. The largest absolute Gasteiger partial charge is 0.359 e. The van der Waals surface area contributed by atoms with E-state index in [0.717, 1.165) is 0 Å². The van der Waals surface area contributed by atoms with E-state index in [4.69, 9.17) is 5.73 Å². The van der Waals surface area contributed by atoms with Gasteiger partial charge in [-0.1, -0.05) is 0 Å². The molecule has 1 rings (SSSR count). The maximum atomic E-state index is 13.0. The van der Waals surface area contributed by atoms with Crippen LogP contribution in [0.15, 0.2) is 17.2 Å². The van der Waals surface area contributed by atoms with Crippen LogP contribution in [0.5, 0.6) is 0 Å². The van der Waals surface area contributed by atoms with Crippen LogP contribution >= 0.6 is 0 Å². The Labute approximate surface area is 104 Å². The Morgan fingerprint density at radius 3 is 2.56 bits per heavy atom. The summed E-state index contributed by atoms with van der Waals surface area (Å²) in [4.78, 5) is 15.8. The molecule has 0 atom stereocenters. The minimum absolute atomic E-state index is 0.0967. The third kappa shape index (κ3) is 3.49. The lowest BCUT2D eigenvalue weighted by Crippen LogP contribution is -2.39. The van der Waals surface area contributed by atoms with Crippen LogP contribution < -0.4 is 16.6 Å². The van der Waals surface area contributed by atoms with E-state index in [9.17, 15) is 13.6 Å². The summed E-state index contributed by atoms with van der Waals surface area (Å²) >= 11 is 0. The van der Waals surface area contributed by atoms with Crippen LogP contribution in [0, 0.1) is 0 Å². The first-order chi connectivity index (χ1) is 8.17. The number of rotatable bonds is 4. The van der Waals surface area contributed by atoms with E-state index in [1.165, 1.54) is 17.0 Å². The Bertz CT molecular complexity index is 465. The van der Waals surface area contributed by atoms with E-state index in [2.05, 4.69) is 10.3 Å². The number of hydrogen-bond acceptors (Lipinski definition) is 4. The number of nitrogens with zero attached hydrogens (tertiary/aromatic N) is 2. The molecule has 1 aromatic rings. The highest BCUT2D eigenvalue weighted by Crippen LogP contribution is 2.13. The number of nitrogens with two attached hydrogens (primary N) is 1. The predicted octanol–water partition coefficient (Wildman–Crippen LogP) is 1.00. The molecule has 0 aliphatic carbocycles. The van der Waals surface area contributed by atoms with E-state index in [0.29, 0.717) is 0 Å². The highest BCUT2D eigenvalue weighted by atomic mass is 19.3. The number of nitrogens with one attached hydrogen (secondary N) is 1. The molecule has 0 amide bonds. The van der Waals surface area contributed by atoms with Crippen molar-refractivity contribution < 1.29 is 8.78 Å². The maximum absolute atomic E-state index is 13.0. The van der Waals surface area contributed by atoms with Crippen LogP contribution in [0.1, 0.15) is 20.8 Å². The molecule has 5 nitrogen and oxygen atoms in total. The Morgan fingerprint density at radius 1 is 1.44 bits per heavy atom. The molecule has 7 heteroatoms. The van der Waals surface area contributed by atoms with Gasteiger partial charge in [0.05, 0.1) is 13.1 Å². The number of anilines is 1. The van der Waals surface area contributed by atoms with E-state index in [-0.39, 0.29) is 5.82 Å². The Morgan fingerprint density at radius 2 is 2.06 bits per heavy atom. The summed E-state index contributed by atoms with van der Waals surface area (Å²) in [5, 5.41) is 2.34. The van der Waals surface area contributed by atoms with Crippen LogP contribution in [0.4, 0.5) is 14.6 Å². The first-order valence-corrected chi connectivity index (χ1v) is 5.57. The van der Waals surface area contributed by atoms with Crippen molar-refractivity contribution >= 4 is 5.82 Å². The third-order valence-corrected chi connectivity index (χ3v) is 2.38. The van der Waals surface area contributed by atoms with Crippen molar-refractivity contribution in [3.8, 4) is 0 Å². The summed E-state index contributed by atoms with van der Waals surface area (Å²) in [6.07, 6.45) is 2.92. The topological polar surface area (TPSA) is 72.9 Å². The number of hydrogen-bond donors (Lipinski definition) is 2. The van der Waals surface area contributed by atoms with Crippen molar-refractivity contribution in [3.63, 3.8) is 0 Å². The quantitative estimate of drug-likeness (QED) is 0.847. The fourth-order valence-electron chi connectivity index (χ4n) is 1.35. The van der Waals surface area contributed by atoms with Gasteiger partial charge in [-0.15, -0.1) is 0 Å². The number of alkyl halides is 2. The lowest BCUT2D eigenvalue weighted by Gasteiger charge is -2.23. The summed E-state index contributed by atoms with van der Waals surface area (Å²) < 4.78 is 27.4. The SMILES string of the molecule is CC(C)(C)n1ccnc(NCC(F)(F)CN)c1=O. The van der Waals surface area contributed by atoms with Crippen molar-refractivity contribution in [1.29, 1.82) is 0 Å². The molecule has 1 heterocycles. The minimum atomic E-state index is -3.06. The number of halogens is 2. The van der Waals surface area contributed by atoms with Gasteiger partial charge in [-0.05, 0) is 20.8 Å². The fraction of sp³-hybridized carbons (Fsp3) is 0.636. The van der Waals surface area contributed by atoms with Crippen molar-refractivity contribution in [1.82, 2.24) is 9.55 Å². The Balaban J connectivity index is 2.96. The van der Waals surface area contributed by atoms with Crippen molar-refractivity contribution in [2.45, 2.75) is 32.2 Å². The Hall–Kier alpha value is -1.50. The zero-order valence-corrected chi connectivity index (χ0v) is 10.7. The van der Waals surface area contributed by atoms with E-state index in [1.807, 2.05) is 20.8 Å². The minimum Gasteiger partial charge on any atom is -0.359 e. The summed E-state index contributed by atoms with van der Waals surface area (Å²) in [7, 11) is 0. The summed E-state index contributed by atoms with van der Waals surface area (Å²) in [5.74, 6) is -3.16. The predicted molar refractivity (Wildman–Crippen MR) is 66.0 cm³/mol. The van der Waals surface area contributed by atoms with Crippen molar-refractivity contribution in [3.05, 3.63) is 22.7 Å². The molecule has 0 bridgehead atoms. The van der Waals surface area contributed by atoms with Crippen molar-refractivity contribution in [2.75, 3.05) is 18.4 Å². The average molecular weight is 260 g/mol. The van der Waals surface area contributed by atoms with Crippen LogP contribution in [0.2, 0.25) is 0 Å². The van der Waals surface area contributed by atoms with Gasteiger partial charge in [0.1, 0.15) is 0 Å². The van der Waals surface area contributed by atoms with Crippen molar-refractivity contribution in [2.24, 2.45) is 5.73 Å².